The van der Waals surface area contributed by atoms with Crippen molar-refractivity contribution in [1.29, 1.82) is 0 Å². The van der Waals surface area contributed by atoms with Gasteiger partial charge in [-0.15, -0.1) is 0 Å². The van der Waals surface area contributed by atoms with Crippen LogP contribution in [0.4, 0.5) is 0 Å². The highest BCUT2D eigenvalue weighted by molar-refractivity contribution is 8.13. The van der Waals surface area contributed by atoms with E-state index in [-0.39, 0.29) is 5.12 Å². The molecule has 19 heavy (non-hydrogen) atoms. The summed E-state index contributed by atoms with van der Waals surface area (Å²) in [7, 11) is 0. The third kappa shape index (κ3) is 3.83. The van der Waals surface area contributed by atoms with E-state index in [2.05, 4.69) is 5.10 Å². The highest BCUT2D eigenvalue weighted by Crippen LogP contribution is 2.13. The van der Waals surface area contributed by atoms with Crippen molar-refractivity contribution in [3.8, 4) is 5.69 Å². The van der Waals surface area contributed by atoms with E-state index in [1.807, 2.05) is 60.3 Å². The van der Waals surface area contributed by atoms with Crippen LogP contribution in [0.2, 0.25) is 0 Å². The molecule has 0 bridgehead atoms. The topological polar surface area (TPSA) is 34.9 Å². The van der Waals surface area contributed by atoms with Crippen LogP contribution in [0.15, 0.2) is 42.6 Å². The summed E-state index contributed by atoms with van der Waals surface area (Å²) in [4.78, 5) is 10.8. The first-order valence-electron chi connectivity index (χ1n) is 6.08. The van der Waals surface area contributed by atoms with Crippen molar-refractivity contribution in [3.05, 3.63) is 53.9 Å². The standard InChI is InChI=1S/C15H16N2OS/c1-12-14(7-6-10-19-13(2)18)11-17(16-12)15-8-4-3-5-9-15/h3-9,11H,10H2,1-2H3. The second-order valence-corrected chi connectivity index (χ2v) is 5.35. The first kappa shape index (κ1) is 13.6. The van der Waals surface area contributed by atoms with Crippen LogP contribution < -0.4 is 0 Å². The fourth-order valence-corrected chi connectivity index (χ4v) is 2.12. The van der Waals surface area contributed by atoms with Crippen LogP contribution in [0, 0.1) is 6.92 Å². The lowest BCUT2D eigenvalue weighted by atomic mass is 10.2. The van der Waals surface area contributed by atoms with E-state index in [1.165, 1.54) is 11.8 Å². The van der Waals surface area contributed by atoms with Gasteiger partial charge in [0.25, 0.3) is 0 Å². The molecule has 0 unspecified atom stereocenters. The fraction of sp³-hybridized carbons (Fsp3) is 0.200. The Labute approximate surface area is 117 Å². The minimum atomic E-state index is 0.140. The minimum absolute atomic E-state index is 0.140. The molecule has 0 saturated carbocycles. The van der Waals surface area contributed by atoms with Gasteiger partial charge in [-0.3, -0.25) is 4.79 Å². The first-order valence-corrected chi connectivity index (χ1v) is 7.07. The van der Waals surface area contributed by atoms with Gasteiger partial charge in [-0.25, -0.2) is 4.68 Å². The van der Waals surface area contributed by atoms with Gasteiger partial charge in [-0.05, 0) is 19.1 Å². The monoisotopic (exact) mass is 272 g/mol. The Morgan fingerprint density at radius 1 is 1.37 bits per heavy atom. The van der Waals surface area contributed by atoms with Crippen LogP contribution in [-0.2, 0) is 4.79 Å². The molecule has 0 saturated heterocycles. The van der Waals surface area contributed by atoms with Crippen LogP contribution in [0.25, 0.3) is 11.8 Å². The summed E-state index contributed by atoms with van der Waals surface area (Å²) in [6.07, 6.45) is 6.00. The Balaban J connectivity index is 2.11. The zero-order valence-electron chi connectivity index (χ0n) is 11.0. The number of hydrogen-bond donors (Lipinski definition) is 0. The van der Waals surface area contributed by atoms with E-state index in [0.717, 1.165) is 16.9 Å². The van der Waals surface area contributed by atoms with E-state index >= 15 is 0 Å². The average Bonchev–Trinajstić information content (AvgIpc) is 2.77. The number of aryl methyl sites for hydroxylation is 1. The molecule has 98 valence electrons. The van der Waals surface area contributed by atoms with Crippen molar-refractivity contribution >= 4 is 23.0 Å². The maximum absolute atomic E-state index is 10.8. The normalized spacial score (nSPS) is 11.1. The number of rotatable bonds is 4. The molecule has 4 heteroatoms. The Kier molecular flexibility index (Phi) is 4.58. The molecule has 2 aromatic rings. The second-order valence-electron chi connectivity index (χ2n) is 4.15. The molecule has 0 fully saturated rings. The number of carbonyl (C=O) groups excluding carboxylic acids is 1. The van der Waals surface area contributed by atoms with Crippen molar-refractivity contribution < 1.29 is 4.79 Å². The molecule has 0 aliphatic heterocycles. The number of para-hydroxylation sites is 1. The van der Waals surface area contributed by atoms with Gasteiger partial charge in [-0.2, -0.15) is 5.10 Å². The summed E-state index contributed by atoms with van der Waals surface area (Å²) in [6, 6.07) is 10.0. The second kappa shape index (κ2) is 6.38. The van der Waals surface area contributed by atoms with Crippen LogP contribution in [0.3, 0.4) is 0 Å². The molecule has 1 aromatic carbocycles. The van der Waals surface area contributed by atoms with Crippen LogP contribution in [0.1, 0.15) is 18.2 Å². The van der Waals surface area contributed by atoms with Crippen molar-refractivity contribution in [1.82, 2.24) is 9.78 Å². The zero-order chi connectivity index (χ0) is 13.7. The molecule has 0 aliphatic carbocycles. The van der Waals surface area contributed by atoms with Crippen LogP contribution >= 0.6 is 11.8 Å². The predicted molar refractivity (Wildman–Crippen MR) is 80.5 cm³/mol. The number of thioether (sulfide) groups is 1. The quantitative estimate of drug-likeness (QED) is 0.854. The summed E-state index contributed by atoms with van der Waals surface area (Å²) >= 11 is 1.31. The SMILES string of the molecule is CC(=O)SCC=Cc1cn(-c2ccccc2)nc1C. The highest BCUT2D eigenvalue weighted by atomic mass is 32.2. The molecule has 0 amide bonds. The summed E-state index contributed by atoms with van der Waals surface area (Å²) in [5, 5.41) is 4.63. The summed E-state index contributed by atoms with van der Waals surface area (Å²) in [5.74, 6) is 0.700. The van der Waals surface area contributed by atoms with Crippen LogP contribution in [0.5, 0.6) is 0 Å². The van der Waals surface area contributed by atoms with Gasteiger partial charge in [0, 0.05) is 24.4 Å². The number of carbonyl (C=O) groups is 1. The Morgan fingerprint density at radius 3 is 2.79 bits per heavy atom. The third-order valence-electron chi connectivity index (χ3n) is 2.64. The van der Waals surface area contributed by atoms with Crippen LogP contribution in [-0.4, -0.2) is 20.6 Å². The lowest BCUT2D eigenvalue weighted by Gasteiger charge is -1.98. The molecule has 3 nitrogen and oxygen atoms in total. The molecule has 0 spiro atoms. The van der Waals surface area contributed by atoms with E-state index in [0.29, 0.717) is 5.75 Å². The van der Waals surface area contributed by atoms with E-state index < -0.39 is 0 Å². The van der Waals surface area contributed by atoms with Crippen molar-refractivity contribution in [2.45, 2.75) is 13.8 Å². The van der Waals surface area contributed by atoms with E-state index in [4.69, 9.17) is 0 Å². The number of nitrogens with zero attached hydrogens (tertiary/aromatic N) is 2. The van der Waals surface area contributed by atoms with E-state index in [1.54, 1.807) is 6.92 Å². The molecule has 1 heterocycles. The molecule has 2 rings (SSSR count). The van der Waals surface area contributed by atoms with Crippen molar-refractivity contribution in [3.63, 3.8) is 0 Å². The Hall–Kier alpha value is -1.81. The summed E-state index contributed by atoms with van der Waals surface area (Å²) in [5.41, 5.74) is 3.10. The Morgan fingerprint density at radius 2 is 2.11 bits per heavy atom. The smallest absolute Gasteiger partial charge is 0.186 e. The molecule has 0 atom stereocenters. The minimum Gasteiger partial charge on any atom is -0.288 e. The van der Waals surface area contributed by atoms with Gasteiger partial charge in [0.2, 0.25) is 0 Å². The van der Waals surface area contributed by atoms with Gasteiger partial charge < -0.3 is 0 Å². The van der Waals surface area contributed by atoms with Gasteiger partial charge in [-0.1, -0.05) is 42.1 Å². The summed E-state index contributed by atoms with van der Waals surface area (Å²) in [6.45, 7) is 3.56. The van der Waals surface area contributed by atoms with Gasteiger partial charge in [0.05, 0.1) is 11.4 Å². The third-order valence-corrected chi connectivity index (χ3v) is 3.40. The molecule has 0 radical (unpaired) electrons. The van der Waals surface area contributed by atoms with Crippen molar-refractivity contribution in [2.24, 2.45) is 0 Å². The van der Waals surface area contributed by atoms with Gasteiger partial charge in [0.1, 0.15) is 0 Å². The highest BCUT2D eigenvalue weighted by Gasteiger charge is 2.03. The molecule has 1 aromatic heterocycles. The number of hydrogen-bond acceptors (Lipinski definition) is 3. The summed E-state index contributed by atoms with van der Waals surface area (Å²) < 4.78 is 1.87. The van der Waals surface area contributed by atoms with Gasteiger partial charge in [0.15, 0.2) is 5.12 Å². The van der Waals surface area contributed by atoms with E-state index in [9.17, 15) is 4.79 Å². The fourth-order valence-electron chi connectivity index (χ4n) is 1.69. The first-order chi connectivity index (χ1) is 9.16. The lowest BCUT2D eigenvalue weighted by Crippen LogP contribution is -1.93. The Bertz CT molecular complexity index is 587. The molecular formula is C15H16N2OS. The zero-order valence-corrected chi connectivity index (χ0v) is 11.9. The average molecular weight is 272 g/mol. The van der Waals surface area contributed by atoms with Gasteiger partial charge >= 0.3 is 0 Å². The largest absolute Gasteiger partial charge is 0.288 e. The predicted octanol–water partition coefficient (Wildman–Crippen LogP) is 3.47. The molecule has 0 aliphatic rings. The number of aromatic nitrogens is 2. The lowest BCUT2D eigenvalue weighted by molar-refractivity contribution is -0.109. The van der Waals surface area contributed by atoms with Crippen molar-refractivity contribution in [2.75, 3.05) is 5.75 Å². The molecular weight excluding hydrogens is 256 g/mol. The number of benzene rings is 1. The maximum Gasteiger partial charge on any atom is 0.186 e. The maximum atomic E-state index is 10.8. The molecule has 0 N–H and O–H groups in total.